The Morgan fingerprint density at radius 3 is 1.12 bits per heavy atom. The number of ether oxygens (including phenoxy) is 6. The summed E-state index contributed by atoms with van der Waals surface area (Å²) < 4.78 is 84.8. The van der Waals surface area contributed by atoms with E-state index in [0.29, 0.717) is 86.9 Å². The van der Waals surface area contributed by atoms with Gasteiger partial charge in [-0.05, 0) is 153 Å². The summed E-state index contributed by atoms with van der Waals surface area (Å²) in [5, 5.41) is 0. The van der Waals surface area contributed by atoms with Gasteiger partial charge in [-0.2, -0.15) is 17.6 Å². The smallest absolute Gasteiger partial charge is 0.462 e. The van der Waals surface area contributed by atoms with E-state index in [-0.39, 0.29) is 13.2 Å². The molecule has 0 unspecified atom stereocenters. The Morgan fingerprint density at radius 2 is 0.780 bits per heavy atom. The lowest BCUT2D eigenvalue weighted by atomic mass is 9.49. The highest BCUT2D eigenvalue weighted by Gasteiger charge is 2.59. The molecule has 0 aromatic rings. The lowest BCUT2D eigenvalue weighted by Gasteiger charge is -2.55. The minimum absolute atomic E-state index is 0.308. The summed E-state index contributed by atoms with van der Waals surface area (Å²) in [5.74, 6) is -7.66. The number of hydrogen-bond acceptors (Lipinski definition) is 12. The van der Waals surface area contributed by atoms with E-state index < -0.39 is 89.3 Å². The number of carbonyl (C=O) groups excluding carboxylic acids is 6. The molecule has 0 aromatic heterocycles. The van der Waals surface area contributed by atoms with Crippen molar-refractivity contribution in [1.82, 2.24) is 0 Å². The zero-order valence-electron chi connectivity index (χ0n) is 35.3. The molecule has 8 fully saturated rings. The van der Waals surface area contributed by atoms with E-state index in [4.69, 9.17) is 14.2 Å². The Morgan fingerprint density at radius 1 is 0.475 bits per heavy atom. The number of halogens is 4. The average Bonchev–Trinajstić information content (AvgIpc) is 3.15. The van der Waals surface area contributed by atoms with Crippen molar-refractivity contribution in [3.8, 4) is 0 Å². The van der Waals surface area contributed by atoms with E-state index in [9.17, 15) is 46.3 Å². The van der Waals surface area contributed by atoms with Gasteiger partial charge in [0.2, 0.25) is 0 Å². The lowest BCUT2D eigenvalue weighted by Crippen LogP contribution is -2.52. The molecule has 8 saturated carbocycles. The average molecular weight is 847 g/mol. The van der Waals surface area contributed by atoms with Crippen LogP contribution in [0, 0.1) is 57.2 Å². The van der Waals surface area contributed by atoms with Crippen molar-refractivity contribution >= 4 is 35.8 Å². The third-order valence-electron chi connectivity index (χ3n) is 14.1. The minimum Gasteiger partial charge on any atom is -0.462 e. The van der Waals surface area contributed by atoms with Gasteiger partial charge in [-0.3, -0.25) is 19.2 Å². The first-order valence-electron chi connectivity index (χ1n) is 21.3. The molecular formula is C43H62F4O12. The van der Waals surface area contributed by atoms with Crippen molar-refractivity contribution in [3.05, 3.63) is 0 Å². The molecule has 8 aliphatic rings. The highest BCUT2D eigenvalue weighted by atomic mass is 19.3. The topological polar surface area (TPSA) is 158 Å². The predicted molar refractivity (Wildman–Crippen MR) is 200 cm³/mol. The first-order valence-corrected chi connectivity index (χ1v) is 21.3. The molecule has 8 rings (SSSR count). The number of rotatable bonds is 17. The summed E-state index contributed by atoms with van der Waals surface area (Å²) in [4.78, 5) is 72.3. The second-order valence-corrected chi connectivity index (χ2v) is 19.6. The number of carbonyl (C=O) groups is 6. The first kappa shape index (κ1) is 46.6. The van der Waals surface area contributed by atoms with Gasteiger partial charge in [-0.25, -0.2) is 9.59 Å². The second-order valence-electron chi connectivity index (χ2n) is 19.6. The maximum Gasteiger partial charge on any atom is 0.504 e. The number of esters is 6. The van der Waals surface area contributed by atoms with E-state index in [1.807, 2.05) is 13.8 Å². The maximum atomic E-state index is 14.2. The zero-order valence-corrected chi connectivity index (χ0v) is 35.3. The Hall–Kier alpha value is -3.46. The fraction of sp³-hybridized carbons (Fsp3) is 0.860. The third-order valence-corrected chi connectivity index (χ3v) is 14.1. The Kier molecular flexibility index (Phi) is 14.1. The minimum atomic E-state index is -4.35. The van der Waals surface area contributed by atoms with Gasteiger partial charge in [-0.1, -0.05) is 13.8 Å². The van der Waals surface area contributed by atoms with Crippen molar-refractivity contribution in [2.75, 3.05) is 33.0 Å². The van der Waals surface area contributed by atoms with Crippen LogP contribution in [0.4, 0.5) is 17.6 Å². The van der Waals surface area contributed by atoms with Crippen molar-refractivity contribution in [2.24, 2.45) is 57.2 Å². The highest BCUT2D eigenvalue weighted by Crippen LogP contribution is 2.61. The van der Waals surface area contributed by atoms with Crippen LogP contribution in [-0.2, 0) is 57.2 Å². The van der Waals surface area contributed by atoms with Crippen LogP contribution in [0.15, 0.2) is 0 Å². The van der Waals surface area contributed by atoms with Crippen LogP contribution in [0.3, 0.4) is 0 Å². The summed E-state index contributed by atoms with van der Waals surface area (Å²) in [6.07, 6.45) is 7.06. The molecule has 334 valence electrons. The summed E-state index contributed by atoms with van der Waals surface area (Å²) >= 11 is 0. The fourth-order valence-corrected chi connectivity index (χ4v) is 10.8. The largest absolute Gasteiger partial charge is 0.504 e. The summed E-state index contributed by atoms with van der Waals surface area (Å²) in [6, 6.07) is 0. The SMILES string of the molecule is CCC(C)(C)C(=O)OCCOC(=O)C(F)(F)COC(=O)C12CC3CC(CC(C3)C1)C2.CCC(C)(C)C(=O)OCCOC(=O)C(F)(F)OC(=O)C12CC3CC(CC(C3)C1)C2. The molecule has 59 heavy (non-hydrogen) atoms. The fourth-order valence-electron chi connectivity index (χ4n) is 10.8. The van der Waals surface area contributed by atoms with Crippen LogP contribution in [-0.4, -0.2) is 80.9 Å². The van der Waals surface area contributed by atoms with Crippen LogP contribution in [0.5, 0.6) is 0 Å². The van der Waals surface area contributed by atoms with Gasteiger partial charge in [0.25, 0.3) is 0 Å². The molecule has 0 heterocycles. The molecule has 0 saturated heterocycles. The predicted octanol–water partition coefficient (Wildman–Crippen LogP) is 7.77. The van der Waals surface area contributed by atoms with Crippen LogP contribution in [0.1, 0.15) is 131 Å². The van der Waals surface area contributed by atoms with Crippen LogP contribution in [0.25, 0.3) is 0 Å². The molecule has 16 heteroatoms. The van der Waals surface area contributed by atoms with Crippen molar-refractivity contribution in [3.63, 3.8) is 0 Å². The van der Waals surface area contributed by atoms with Gasteiger partial charge in [0.15, 0.2) is 6.61 Å². The second kappa shape index (κ2) is 17.9. The third kappa shape index (κ3) is 10.9. The standard InChI is InChI=1S/C22H32F2O6.C21H30F2O6/c1-4-20(2,3)17(25)28-5-6-29-19(27)22(23,24)13-30-18(26)21-10-14-7-15(11-21)9-16(8-14)12-21;1-4-19(2,3)16(24)27-5-6-28-18(26)21(22,23)29-17(25)20-10-13-7-14(11-20)9-15(8-13)12-20/h14-16H,4-13H2,1-3H3;13-15H,4-12H2,1-3H3. The summed E-state index contributed by atoms with van der Waals surface area (Å²) in [5.41, 5.74) is -2.95. The van der Waals surface area contributed by atoms with E-state index in [1.165, 1.54) is 0 Å². The van der Waals surface area contributed by atoms with Gasteiger partial charge in [-0.15, -0.1) is 0 Å². The molecule has 0 amide bonds. The van der Waals surface area contributed by atoms with Gasteiger partial charge in [0.05, 0.1) is 21.7 Å². The molecule has 0 N–H and O–H groups in total. The van der Waals surface area contributed by atoms with Gasteiger partial charge in [0, 0.05) is 0 Å². The van der Waals surface area contributed by atoms with Crippen molar-refractivity contribution in [2.45, 2.75) is 143 Å². The van der Waals surface area contributed by atoms with E-state index >= 15 is 0 Å². The molecule has 8 aliphatic carbocycles. The first-order chi connectivity index (χ1) is 27.4. The molecule has 0 aromatic carbocycles. The lowest BCUT2D eigenvalue weighted by molar-refractivity contribution is -0.255. The molecule has 0 radical (unpaired) electrons. The van der Waals surface area contributed by atoms with Crippen LogP contribution < -0.4 is 0 Å². The van der Waals surface area contributed by atoms with E-state index in [0.717, 1.165) is 38.5 Å². The monoisotopic (exact) mass is 846 g/mol. The van der Waals surface area contributed by atoms with Crippen molar-refractivity contribution in [1.29, 1.82) is 0 Å². The van der Waals surface area contributed by atoms with Gasteiger partial charge >= 0.3 is 47.8 Å². The number of hydrogen-bond donors (Lipinski definition) is 0. The normalized spacial score (nSPS) is 30.4. The molecule has 0 aliphatic heterocycles. The summed E-state index contributed by atoms with van der Waals surface area (Å²) in [7, 11) is 0. The van der Waals surface area contributed by atoms with Gasteiger partial charge in [0.1, 0.15) is 26.4 Å². The zero-order chi connectivity index (χ0) is 43.6. The molecule has 8 bridgehead atoms. The Bertz CT molecular complexity index is 1520. The maximum absolute atomic E-state index is 14.2. The van der Waals surface area contributed by atoms with Crippen molar-refractivity contribution < 1.29 is 74.8 Å². The number of alkyl halides is 4. The van der Waals surface area contributed by atoms with E-state index in [2.05, 4.69) is 14.2 Å². The molecule has 12 nitrogen and oxygen atoms in total. The van der Waals surface area contributed by atoms with Gasteiger partial charge < -0.3 is 28.4 Å². The summed E-state index contributed by atoms with van der Waals surface area (Å²) in [6.45, 7) is 7.45. The van der Waals surface area contributed by atoms with E-state index in [1.54, 1.807) is 27.7 Å². The van der Waals surface area contributed by atoms with Crippen LogP contribution >= 0.6 is 0 Å². The molecule has 0 atom stereocenters. The van der Waals surface area contributed by atoms with Crippen LogP contribution in [0.2, 0.25) is 0 Å². The highest BCUT2D eigenvalue weighted by molar-refractivity contribution is 5.84. The quantitative estimate of drug-likeness (QED) is 0.0607. The Balaban J connectivity index is 0.000000224. The molecular weight excluding hydrogens is 784 g/mol. The Labute approximate surface area is 343 Å². The molecule has 0 spiro atoms.